The Kier molecular flexibility index (Phi) is 4.63. The number of hydrogen-bond acceptors (Lipinski definition) is 2. The van der Waals surface area contributed by atoms with E-state index in [0.717, 1.165) is 0 Å². The van der Waals surface area contributed by atoms with Crippen LogP contribution < -0.4 is 0 Å². The molecule has 0 radical (unpaired) electrons. The molecule has 0 aromatic heterocycles. The SMILES string of the molecule is O=C(OCc1c(Cl)cccc1Cl)C(F)(F)C(F)(F)F. The molecule has 1 aromatic carbocycles. The van der Waals surface area contributed by atoms with Crippen LogP contribution in [0.15, 0.2) is 18.2 Å². The molecular weight excluding hydrogens is 318 g/mol. The summed E-state index contributed by atoms with van der Waals surface area (Å²) in [5, 5.41) is -0.0359. The summed E-state index contributed by atoms with van der Waals surface area (Å²) >= 11 is 11.3. The summed E-state index contributed by atoms with van der Waals surface area (Å²) in [6.07, 6.45) is -6.02. The van der Waals surface area contributed by atoms with Gasteiger partial charge in [0.1, 0.15) is 6.61 Å². The zero-order valence-corrected chi connectivity index (χ0v) is 10.4. The van der Waals surface area contributed by atoms with E-state index in [4.69, 9.17) is 23.2 Å². The molecule has 0 heterocycles. The highest BCUT2D eigenvalue weighted by atomic mass is 35.5. The molecule has 0 unspecified atom stereocenters. The first-order chi connectivity index (χ1) is 8.57. The molecule has 0 saturated carbocycles. The van der Waals surface area contributed by atoms with Crippen molar-refractivity contribution in [2.45, 2.75) is 18.7 Å². The lowest BCUT2D eigenvalue weighted by Crippen LogP contribution is -2.45. The van der Waals surface area contributed by atoms with Crippen LogP contribution >= 0.6 is 23.2 Å². The summed E-state index contributed by atoms with van der Waals surface area (Å²) in [4.78, 5) is 10.7. The molecule has 0 fully saturated rings. The van der Waals surface area contributed by atoms with Gasteiger partial charge in [-0.2, -0.15) is 22.0 Å². The van der Waals surface area contributed by atoms with E-state index < -0.39 is 24.7 Å². The zero-order valence-electron chi connectivity index (χ0n) is 8.90. The summed E-state index contributed by atoms with van der Waals surface area (Å²) in [5.41, 5.74) is -0.0582. The van der Waals surface area contributed by atoms with Gasteiger partial charge in [0, 0.05) is 15.6 Å². The van der Waals surface area contributed by atoms with Crippen LogP contribution in [0.1, 0.15) is 5.56 Å². The van der Waals surface area contributed by atoms with Gasteiger partial charge in [0.2, 0.25) is 0 Å². The molecule has 106 valence electrons. The second kappa shape index (κ2) is 5.50. The second-order valence-electron chi connectivity index (χ2n) is 3.35. The van der Waals surface area contributed by atoms with E-state index in [1.807, 2.05) is 0 Å². The minimum Gasteiger partial charge on any atom is -0.456 e. The van der Waals surface area contributed by atoms with E-state index in [2.05, 4.69) is 4.74 Å². The topological polar surface area (TPSA) is 26.3 Å². The van der Waals surface area contributed by atoms with Crippen molar-refractivity contribution in [1.29, 1.82) is 0 Å². The summed E-state index contributed by atoms with van der Waals surface area (Å²) in [6.45, 7) is -0.886. The monoisotopic (exact) mass is 322 g/mol. The first kappa shape index (κ1) is 16.0. The van der Waals surface area contributed by atoms with Crippen LogP contribution in [0.25, 0.3) is 0 Å². The molecule has 1 rings (SSSR count). The van der Waals surface area contributed by atoms with E-state index in [-0.39, 0.29) is 15.6 Å². The fraction of sp³-hybridized carbons (Fsp3) is 0.300. The first-order valence-electron chi connectivity index (χ1n) is 4.62. The molecular formula is C10H5Cl2F5O2. The number of halogens is 7. The third-order valence-electron chi connectivity index (χ3n) is 2.02. The molecule has 9 heteroatoms. The lowest BCUT2D eigenvalue weighted by atomic mass is 10.2. The largest absolute Gasteiger partial charge is 0.465 e. The minimum absolute atomic E-state index is 0.0179. The molecule has 0 atom stereocenters. The third kappa shape index (κ3) is 3.48. The fourth-order valence-corrected chi connectivity index (χ4v) is 1.52. The molecule has 0 aliphatic carbocycles. The Morgan fingerprint density at radius 2 is 1.58 bits per heavy atom. The molecule has 19 heavy (non-hydrogen) atoms. The van der Waals surface area contributed by atoms with Gasteiger partial charge in [0.15, 0.2) is 0 Å². The van der Waals surface area contributed by atoms with E-state index in [1.165, 1.54) is 18.2 Å². The summed E-state index contributed by atoms with van der Waals surface area (Å²) in [7, 11) is 0. The highest BCUT2D eigenvalue weighted by Crippen LogP contribution is 2.37. The number of carbonyl (C=O) groups is 1. The van der Waals surface area contributed by atoms with Crippen molar-refractivity contribution in [3.63, 3.8) is 0 Å². The smallest absolute Gasteiger partial charge is 0.456 e. The number of carbonyl (C=O) groups excluding carboxylic acids is 1. The van der Waals surface area contributed by atoms with Crippen molar-refractivity contribution in [3.05, 3.63) is 33.8 Å². The third-order valence-corrected chi connectivity index (χ3v) is 2.73. The van der Waals surface area contributed by atoms with Gasteiger partial charge < -0.3 is 4.74 Å². The second-order valence-corrected chi connectivity index (χ2v) is 4.16. The normalized spacial score (nSPS) is 12.4. The lowest BCUT2D eigenvalue weighted by molar-refractivity contribution is -0.281. The molecule has 2 nitrogen and oxygen atoms in total. The standard InChI is InChI=1S/C10H5Cl2F5O2/c11-6-2-1-3-7(12)5(6)4-19-8(18)9(13,14)10(15,16)17/h1-3H,4H2. The Labute approximate surface area is 114 Å². The van der Waals surface area contributed by atoms with Gasteiger partial charge in [-0.3, -0.25) is 0 Å². The molecule has 0 amide bonds. The maximum Gasteiger partial charge on any atom is 0.465 e. The van der Waals surface area contributed by atoms with E-state index in [0.29, 0.717) is 0 Å². The number of alkyl halides is 5. The van der Waals surface area contributed by atoms with Crippen molar-refractivity contribution in [1.82, 2.24) is 0 Å². The highest BCUT2D eigenvalue weighted by molar-refractivity contribution is 6.35. The minimum atomic E-state index is -6.02. The molecule has 0 saturated heterocycles. The number of ether oxygens (including phenoxy) is 1. The van der Waals surface area contributed by atoms with Crippen molar-refractivity contribution in [3.8, 4) is 0 Å². The Morgan fingerprint density at radius 1 is 1.11 bits per heavy atom. The van der Waals surface area contributed by atoms with Gasteiger partial charge >= 0.3 is 18.1 Å². The summed E-state index contributed by atoms with van der Waals surface area (Å²) < 4.78 is 64.6. The average Bonchev–Trinajstić information content (AvgIpc) is 2.26. The van der Waals surface area contributed by atoms with Crippen LogP contribution in [0.5, 0.6) is 0 Å². The van der Waals surface area contributed by atoms with E-state index >= 15 is 0 Å². The number of hydrogen-bond donors (Lipinski definition) is 0. The number of esters is 1. The van der Waals surface area contributed by atoms with Gasteiger partial charge in [-0.1, -0.05) is 29.3 Å². The van der Waals surface area contributed by atoms with Crippen molar-refractivity contribution in [2.75, 3.05) is 0 Å². The summed E-state index contributed by atoms with van der Waals surface area (Å²) in [5.74, 6) is -8.29. The quantitative estimate of drug-likeness (QED) is 0.614. The van der Waals surface area contributed by atoms with E-state index in [1.54, 1.807) is 0 Å². The lowest BCUT2D eigenvalue weighted by Gasteiger charge is -2.18. The predicted octanol–water partition coefficient (Wildman–Crippen LogP) is 4.23. The molecule has 0 aliphatic rings. The van der Waals surface area contributed by atoms with Crippen molar-refractivity contribution in [2.24, 2.45) is 0 Å². The molecule has 0 N–H and O–H groups in total. The van der Waals surface area contributed by atoms with Crippen LogP contribution in [-0.4, -0.2) is 18.1 Å². The van der Waals surface area contributed by atoms with Crippen molar-refractivity contribution >= 4 is 29.2 Å². The van der Waals surface area contributed by atoms with Crippen LogP contribution in [0.3, 0.4) is 0 Å². The Morgan fingerprint density at radius 3 is 2.00 bits per heavy atom. The highest BCUT2D eigenvalue weighted by Gasteiger charge is 2.64. The molecule has 1 aromatic rings. The van der Waals surface area contributed by atoms with E-state index in [9.17, 15) is 26.7 Å². The maximum absolute atomic E-state index is 12.6. The van der Waals surface area contributed by atoms with Gasteiger partial charge in [-0.15, -0.1) is 0 Å². The van der Waals surface area contributed by atoms with Crippen LogP contribution in [0.4, 0.5) is 22.0 Å². The summed E-state index contributed by atoms with van der Waals surface area (Å²) in [6, 6.07) is 4.07. The Hall–Kier alpha value is -1.08. The first-order valence-corrected chi connectivity index (χ1v) is 5.37. The van der Waals surface area contributed by atoms with Crippen LogP contribution in [0.2, 0.25) is 10.0 Å². The fourth-order valence-electron chi connectivity index (χ4n) is 1.01. The number of rotatable bonds is 3. The van der Waals surface area contributed by atoms with Crippen LogP contribution in [-0.2, 0) is 16.1 Å². The molecule has 0 spiro atoms. The maximum atomic E-state index is 12.6. The van der Waals surface area contributed by atoms with Crippen LogP contribution in [0, 0.1) is 0 Å². The average molecular weight is 323 g/mol. The van der Waals surface area contributed by atoms with Gasteiger partial charge in [0.25, 0.3) is 0 Å². The zero-order chi connectivity index (χ0) is 14.8. The number of benzene rings is 1. The van der Waals surface area contributed by atoms with Gasteiger partial charge in [0.05, 0.1) is 0 Å². The Bertz CT molecular complexity index is 467. The molecule has 0 aliphatic heterocycles. The predicted molar refractivity (Wildman–Crippen MR) is 57.3 cm³/mol. The Balaban J connectivity index is 2.81. The molecule has 0 bridgehead atoms. The van der Waals surface area contributed by atoms with Crippen molar-refractivity contribution < 1.29 is 31.5 Å². The van der Waals surface area contributed by atoms with Gasteiger partial charge in [-0.25, -0.2) is 4.79 Å². The van der Waals surface area contributed by atoms with Gasteiger partial charge in [-0.05, 0) is 12.1 Å².